The number of ether oxygens (including phenoxy) is 5. The quantitative estimate of drug-likeness (QED) is 0.595. The largest absolute Gasteiger partial charge is 0.426 e. The monoisotopic (exact) mass is 374 g/mol. The van der Waals surface area contributed by atoms with Gasteiger partial charge in [-0.3, -0.25) is 14.4 Å². The van der Waals surface area contributed by atoms with Gasteiger partial charge in [0.15, 0.2) is 17.2 Å². The second kappa shape index (κ2) is 6.88. The molecule has 1 unspecified atom stereocenters. The molecule has 1 atom stereocenters. The van der Waals surface area contributed by atoms with Gasteiger partial charge in [-0.1, -0.05) is 12.1 Å². The first kappa shape index (κ1) is 18.7. The van der Waals surface area contributed by atoms with E-state index in [0.717, 1.165) is 0 Å². The van der Waals surface area contributed by atoms with Gasteiger partial charge in [0, 0.05) is 20.8 Å². The summed E-state index contributed by atoms with van der Waals surface area (Å²) in [6, 6.07) is 6.08. The highest BCUT2D eigenvalue weighted by Gasteiger charge is 2.41. The number of fused-ring (bicyclic) bond motifs is 2. The van der Waals surface area contributed by atoms with Crippen LogP contribution in [0.25, 0.3) is 10.8 Å². The molecule has 0 N–H and O–H groups in total. The molecule has 142 valence electrons. The number of hydrogen-bond acceptors (Lipinski definition) is 8. The van der Waals surface area contributed by atoms with Crippen LogP contribution in [0.4, 0.5) is 0 Å². The lowest BCUT2D eigenvalue weighted by atomic mass is 10.1. The van der Waals surface area contributed by atoms with Crippen LogP contribution in [0.15, 0.2) is 29.1 Å². The van der Waals surface area contributed by atoms with Crippen LogP contribution >= 0.6 is 0 Å². The van der Waals surface area contributed by atoms with Crippen molar-refractivity contribution < 1.29 is 33.3 Å². The molecule has 8 nitrogen and oxygen atoms in total. The normalized spacial score (nSPS) is 17.6. The Morgan fingerprint density at radius 3 is 2.44 bits per heavy atom. The average Bonchev–Trinajstić information content (AvgIpc) is 2.81. The Hall–Kier alpha value is -3.13. The zero-order valence-corrected chi connectivity index (χ0v) is 15.3. The van der Waals surface area contributed by atoms with E-state index in [1.54, 1.807) is 32.0 Å². The van der Waals surface area contributed by atoms with E-state index in [2.05, 4.69) is 0 Å². The Kier molecular flexibility index (Phi) is 4.75. The van der Waals surface area contributed by atoms with Gasteiger partial charge in [-0.15, -0.1) is 0 Å². The fourth-order valence-corrected chi connectivity index (χ4v) is 2.82. The minimum absolute atomic E-state index is 0.0227. The molecule has 0 spiro atoms. The molecule has 0 bridgehead atoms. The molecule has 0 fully saturated rings. The molecule has 3 rings (SSSR count). The lowest BCUT2D eigenvalue weighted by molar-refractivity contribution is -0.266. The summed E-state index contributed by atoms with van der Waals surface area (Å²) in [7, 11) is 0. The van der Waals surface area contributed by atoms with Crippen LogP contribution in [0.1, 0.15) is 27.7 Å². The predicted octanol–water partition coefficient (Wildman–Crippen LogP) is 2.53. The molecule has 8 heteroatoms. The Labute approximate surface area is 154 Å². The smallest absolute Gasteiger partial charge is 0.369 e. The summed E-state index contributed by atoms with van der Waals surface area (Å²) in [6.07, 6.45) is 0. The van der Waals surface area contributed by atoms with Gasteiger partial charge in [-0.25, -0.2) is 0 Å². The lowest BCUT2D eigenvalue weighted by Gasteiger charge is -2.21. The summed E-state index contributed by atoms with van der Waals surface area (Å²) in [5, 5.41) is 0.437. The maximum atomic E-state index is 13.0. The molecule has 0 aromatic heterocycles. The third-order valence-electron chi connectivity index (χ3n) is 3.70. The summed E-state index contributed by atoms with van der Waals surface area (Å²) < 4.78 is 27.1. The van der Waals surface area contributed by atoms with E-state index in [9.17, 15) is 14.4 Å². The van der Waals surface area contributed by atoms with Gasteiger partial charge in [0.25, 0.3) is 0 Å². The Balaban J connectivity index is 2.32. The van der Waals surface area contributed by atoms with Gasteiger partial charge in [-0.05, 0) is 24.4 Å². The van der Waals surface area contributed by atoms with Gasteiger partial charge in [-0.2, -0.15) is 0 Å². The van der Waals surface area contributed by atoms with Crippen LogP contribution < -0.4 is 24.4 Å². The first-order valence-corrected chi connectivity index (χ1v) is 8.27. The second-order valence-electron chi connectivity index (χ2n) is 5.90. The second-order valence-corrected chi connectivity index (χ2v) is 5.90. The van der Waals surface area contributed by atoms with Crippen molar-refractivity contribution in [3.8, 4) is 23.0 Å². The highest BCUT2D eigenvalue weighted by Crippen LogP contribution is 2.49. The van der Waals surface area contributed by atoms with Crippen molar-refractivity contribution >= 4 is 22.7 Å². The average molecular weight is 374 g/mol. The summed E-state index contributed by atoms with van der Waals surface area (Å²) in [5.74, 6) is -2.72. The van der Waals surface area contributed by atoms with Gasteiger partial charge in [0.1, 0.15) is 0 Å². The number of hydrogen-bond donors (Lipinski definition) is 0. The van der Waals surface area contributed by atoms with Crippen LogP contribution in [-0.4, -0.2) is 24.5 Å². The van der Waals surface area contributed by atoms with Crippen molar-refractivity contribution in [3.05, 3.63) is 34.5 Å². The van der Waals surface area contributed by atoms with Gasteiger partial charge < -0.3 is 23.7 Å². The predicted molar refractivity (Wildman–Crippen MR) is 94.1 cm³/mol. The van der Waals surface area contributed by atoms with Crippen LogP contribution in [0.2, 0.25) is 0 Å². The fraction of sp³-hybridized carbons (Fsp3) is 0.316. The Morgan fingerprint density at radius 1 is 1.11 bits per heavy atom. The minimum atomic E-state index is -1.42. The van der Waals surface area contributed by atoms with Crippen molar-refractivity contribution in [2.24, 2.45) is 0 Å². The lowest BCUT2D eigenvalue weighted by Crippen LogP contribution is -2.38. The first-order valence-electron chi connectivity index (χ1n) is 8.27. The van der Waals surface area contributed by atoms with Crippen LogP contribution in [0.5, 0.6) is 23.0 Å². The highest BCUT2D eigenvalue weighted by atomic mass is 16.9. The SMILES string of the molecule is CCOC1(C)Oc2cc3cccc(OC(C)=O)c(=O)c3c(OC(C)=O)c2O1. The molecule has 0 amide bonds. The summed E-state index contributed by atoms with van der Waals surface area (Å²) in [4.78, 5) is 35.9. The van der Waals surface area contributed by atoms with E-state index in [0.29, 0.717) is 12.0 Å². The molecular weight excluding hydrogens is 356 g/mol. The molecule has 2 aromatic rings. The molecule has 1 heterocycles. The van der Waals surface area contributed by atoms with Crippen molar-refractivity contribution in [1.29, 1.82) is 0 Å². The zero-order chi connectivity index (χ0) is 19.8. The Bertz CT molecular complexity index is 997. The first-order chi connectivity index (χ1) is 12.7. The van der Waals surface area contributed by atoms with Crippen LogP contribution in [-0.2, 0) is 14.3 Å². The van der Waals surface area contributed by atoms with Crippen molar-refractivity contribution in [1.82, 2.24) is 0 Å². The molecule has 1 aliphatic heterocycles. The van der Waals surface area contributed by atoms with Crippen molar-refractivity contribution in [2.45, 2.75) is 33.7 Å². The standard InChI is InChI=1S/C19H18O8/c1-5-23-19(4)26-14-9-12-7-6-8-13(24-10(2)20)16(22)15(12)18(17(14)27-19)25-11(3)21/h6-9H,5H2,1-4H3. The molecule has 0 saturated heterocycles. The van der Waals surface area contributed by atoms with E-state index in [1.807, 2.05) is 0 Å². The molecular formula is C19H18O8. The highest BCUT2D eigenvalue weighted by molar-refractivity contribution is 5.95. The van der Waals surface area contributed by atoms with Gasteiger partial charge in [0.05, 0.1) is 12.0 Å². The molecule has 0 radical (unpaired) electrons. The summed E-state index contributed by atoms with van der Waals surface area (Å²) in [6.45, 7) is 6.02. The molecule has 27 heavy (non-hydrogen) atoms. The summed E-state index contributed by atoms with van der Waals surface area (Å²) >= 11 is 0. The minimum Gasteiger partial charge on any atom is -0.426 e. The molecule has 0 aliphatic carbocycles. The molecule has 1 aliphatic rings. The van der Waals surface area contributed by atoms with E-state index in [-0.39, 0.29) is 28.4 Å². The fourth-order valence-electron chi connectivity index (χ4n) is 2.82. The van der Waals surface area contributed by atoms with E-state index < -0.39 is 23.3 Å². The summed E-state index contributed by atoms with van der Waals surface area (Å²) in [5.41, 5.74) is -0.627. The number of rotatable bonds is 4. The zero-order valence-electron chi connectivity index (χ0n) is 15.3. The topological polar surface area (TPSA) is 97.4 Å². The third-order valence-corrected chi connectivity index (χ3v) is 3.70. The van der Waals surface area contributed by atoms with Gasteiger partial charge >= 0.3 is 17.9 Å². The maximum Gasteiger partial charge on any atom is 0.369 e. The molecule has 0 saturated carbocycles. The number of carbonyl (C=O) groups is 2. The van der Waals surface area contributed by atoms with E-state index in [1.165, 1.54) is 19.9 Å². The number of carbonyl (C=O) groups excluding carboxylic acids is 2. The molecule has 2 aromatic carbocycles. The van der Waals surface area contributed by atoms with Crippen LogP contribution in [0, 0.1) is 0 Å². The number of esters is 2. The maximum absolute atomic E-state index is 13.0. The Morgan fingerprint density at radius 2 is 1.81 bits per heavy atom. The van der Waals surface area contributed by atoms with E-state index >= 15 is 0 Å². The van der Waals surface area contributed by atoms with Gasteiger partial charge in [0.2, 0.25) is 11.2 Å². The van der Waals surface area contributed by atoms with E-state index in [4.69, 9.17) is 23.7 Å². The van der Waals surface area contributed by atoms with Crippen molar-refractivity contribution in [2.75, 3.05) is 6.61 Å². The third kappa shape index (κ3) is 3.56. The number of benzene rings is 1. The van der Waals surface area contributed by atoms with Crippen molar-refractivity contribution in [3.63, 3.8) is 0 Å². The van der Waals surface area contributed by atoms with Crippen LogP contribution in [0.3, 0.4) is 0 Å².